The number of rotatable bonds is 5. The van der Waals surface area contributed by atoms with Gasteiger partial charge < -0.3 is 33.2 Å². The van der Waals surface area contributed by atoms with Gasteiger partial charge in [-0.05, 0) is 66.8 Å². The van der Waals surface area contributed by atoms with Crippen molar-refractivity contribution in [1.82, 2.24) is 0 Å². The van der Waals surface area contributed by atoms with Gasteiger partial charge in [-0.15, -0.1) is 6.42 Å². The van der Waals surface area contributed by atoms with Crippen molar-refractivity contribution in [2.45, 2.75) is 58.9 Å². The van der Waals surface area contributed by atoms with Crippen molar-refractivity contribution in [3.63, 3.8) is 0 Å². The lowest BCUT2D eigenvalue weighted by Crippen LogP contribution is -2.59. The van der Waals surface area contributed by atoms with E-state index in [4.69, 9.17) is 34.8 Å². The van der Waals surface area contributed by atoms with E-state index in [0.717, 1.165) is 36.0 Å². The fourth-order valence-corrected chi connectivity index (χ4v) is 6.22. The first-order valence-electron chi connectivity index (χ1n) is 15.1. The summed E-state index contributed by atoms with van der Waals surface area (Å²) in [5, 5.41) is 0. The van der Waals surface area contributed by atoms with Crippen LogP contribution in [0.5, 0.6) is 0 Å². The van der Waals surface area contributed by atoms with Crippen LogP contribution in [-0.4, -0.2) is 52.7 Å². The fraction of sp³-hybridized carbons (Fsp3) is 0.528. The Morgan fingerprint density at radius 3 is 1.59 bits per heavy atom. The Morgan fingerprint density at radius 2 is 1.20 bits per heavy atom. The molecule has 0 N–H and O–H groups in total. The van der Waals surface area contributed by atoms with Gasteiger partial charge in [-0.25, -0.2) is 4.79 Å². The maximum atomic E-state index is 11.0. The second-order valence-corrected chi connectivity index (χ2v) is 13.4. The zero-order valence-electron chi connectivity index (χ0n) is 26.3. The molecular weight excluding hydrogens is 560 g/mol. The molecule has 8 rings (SSSR count). The average Bonchev–Trinajstić information content (AvgIpc) is 3.05. The van der Waals surface area contributed by atoms with E-state index in [-0.39, 0.29) is 16.2 Å². The minimum Gasteiger partial charge on any atom is -0.459 e. The summed E-state index contributed by atoms with van der Waals surface area (Å²) in [5.41, 5.74) is 3.39. The highest BCUT2D eigenvalue weighted by Crippen LogP contribution is 2.49. The van der Waals surface area contributed by atoms with Gasteiger partial charge in [0.25, 0.3) is 0 Å². The number of esters is 1. The molecule has 6 saturated heterocycles. The third-order valence-corrected chi connectivity index (χ3v) is 8.23. The Balaban J connectivity index is 0.000000175. The molecule has 8 nitrogen and oxygen atoms in total. The highest BCUT2D eigenvalue weighted by molar-refractivity contribution is 5.89. The van der Waals surface area contributed by atoms with Gasteiger partial charge in [-0.3, -0.25) is 0 Å². The van der Waals surface area contributed by atoms with Crippen molar-refractivity contribution in [1.29, 1.82) is 0 Å². The van der Waals surface area contributed by atoms with Gasteiger partial charge in [-0.1, -0.05) is 46.0 Å². The molecule has 234 valence electrons. The number of hydrogen-bond acceptors (Lipinski definition) is 8. The monoisotopic (exact) mass is 602 g/mol. The van der Waals surface area contributed by atoms with E-state index in [2.05, 4.69) is 50.2 Å². The van der Waals surface area contributed by atoms with Crippen LogP contribution in [-0.2, 0) is 49.9 Å². The molecule has 4 bridgehead atoms. The van der Waals surface area contributed by atoms with Gasteiger partial charge in [0.1, 0.15) is 0 Å². The summed E-state index contributed by atoms with van der Waals surface area (Å²) in [6.45, 7) is 12.8. The van der Waals surface area contributed by atoms with Crippen molar-refractivity contribution < 1.29 is 38.0 Å². The van der Waals surface area contributed by atoms with Gasteiger partial charge in [0, 0.05) is 39.0 Å². The third-order valence-electron chi connectivity index (χ3n) is 8.23. The topological polar surface area (TPSA) is 81.7 Å². The van der Waals surface area contributed by atoms with Gasteiger partial charge in [0.15, 0.2) is 0 Å². The second-order valence-electron chi connectivity index (χ2n) is 13.4. The highest BCUT2D eigenvalue weighted by Gasteiger charge is 2.55. The van der Waals surface area contributed by atoms with Crippen LogP contribution in [0.4, 0.5) is 0 Å². The first-order chi connectivity index (χ1) is 21.0. The van der Waals surface area contributed by atoms with Crippen molar-refractivity contribution in [2.24, 2.45) is 16.2 Å². The third kappa shape index (κ3) is 6.87. The number of hydrogen-bond donors (Lipinski definition) is 0. The number of carbonyl (C=O) groups excluding carboxylic acids is 1. The molecule has 0 radical (unpaired) electrons. The summed E-state index contributed by atoms with van der Waals surface area (Å²) in [6, 6.07) is 14.9. The Labute approximate surface area is 260 Å². The molecule has 0 aliphatic carbocycles. The van der Waals surface area contributed by atoms with Crippen LogP contribution in [0.2, 0.25) is 0 Å². The summed E-state index contributed by atoms with van der Waals surface area (Å²) in [6.07, 6.45) is 8.52. The summed E-state index contributed by atoms with van der Waals surface area (Å²) in [5.74, 6) is 5.02. The molecule has 6 aliphatic rings. The molecule has 2 aromatic carbocycles. The second kappa shape index (κ2) is 12.7. The van der Waals surface area contributed by atoms with Crippen molar-refractivity contribution in [3.8, 4) is 24.2 Å². The number of methoxy groups -OCH3 is 1. The largest absolute Gasteiger partial charge is 0.459 e. The van der Waals surface area contributed by atoms with E-state index in [1.54, 1.807) is 12.1 Å². The quantitative estimate of drug-likeness (QED) is 0.330. The summed E-state index contributed by atoms with van der Waals surface area (Å²) < 4.78 is 40.1. The maximum absolute atomic E-state index is 11.0. The van der Waals surface area contributed by atoms with E-state index in [1.807, 2.05) is 36.4 Å². The Morgan fingerprint density at radius 1 is 0.773 bits per heavy atom. The number of benzene rings is 2. The van der Waals surface area contributed by atoms with Crippen LogP contribution >= 0.6 is 0 Å². The molecule has 0 atom stereocenters. The van der Waals surface area contributed by atoms with E-state index < -0.39 is 17.9 Å². The van der Waals surface area contributed by atoms with Crippen LogP contribution in [0.3, 0.4) is 0 Å². The molecule has 6 heterocycles. The van der Waals surface area contributed by atoms with Crippen LogP contribution in [0, 0.1) is 40.4 Å². The van der Waals surface area contributed by atoms with E-state index >= 15 is 0 Å². The van der Waals surface area contributed by atoms with Crippen LogP contribution < -0.4 is 0 Å². The van der Waals surface area contributed by atoms with Gasteiger partial charge in [0.05, 0.1) is 46.8 Å². The number of fused-ring (bicyclic) bond motifs is 6. The molecular formula is C36H42O8. The average molecular weight is 603 g/mol. The lowest BCUT2D eigenvalue weighted by Gasteiger charge is -2.53. The van der Waals surface area contributed by atoms with E-state index in [1.165, 1.54) is 7.11 Å². The molecule has 8 heteroatoms. The predicted molar refractivity (Wildman–Crippen MR) is 163 cm³/mol. The maximum Gasteiger partial charge on any atom is 0.384 e. The molecule has 6 fully saturated rings. The lowest BCUT2D eigenvalue weighted by atomic mass is 9.74. The minimum atomic E-state index is -1.11. The molecule has 0 aromatic heterocycles. The molecule has 2 aromatic rings. The zero-order valence-corrected chi connectivity index (χ0v) is 26.3. The Hall–Kier alpha value is -3.21. The molecule has 0 amide bonds. The van der Waals surface area contributed by atoms with E-state index in [9.17, 15) is 4.79 Å². The zero-order chi connectivity index (χ0) is 31.5. The normalized spacial score (nSPS) is 30.3. The molecule has 0 spiro atoms. The fourth-order valence-electron chi connectivity index (χ4n) is 6.22. The van der Waals surface area contributed by atoms with Crippen molar-refractivity contribution in [2.75, 3.05) is 46.8 Å². The van der Waals surface area contributed by atoms with Crippen molar-refractivity contribution >= 4 is 5.97 Å². The number of terminal acetylenes is 1. The Kier molecular flexibility index (Phi) is 9.26. The summed E-state index contributed by atoms with van der Waals surface area (Å²) in [7, 11) is 1.30. The van der Waals surface area contributed by atoms with Gasteiger partial charge in [-0.2, -0.15) is 0 Å². The van der Waals surface area contributed by atoms with E-state index in [0.29, 0.717) is 45.2 Å². The van der Waals surface area contributed by atoms with Crippen LogP contribution in [0.25, 0.3) is 0 Å². The molecule has 0 unspecified atom stereocenters. The lowest BCUT2D eigenvalue weighted by molar-refractivity contribution is -0.482. The standard InChI is InChI=1S/C18H20O5.C18H22O3/c1-3-10-17-11-21-18(22-12-17,23-13-17)15-7-4-14(5-8-15)6-9-16(19)20-2;1-5-14-6-8-15(9-7-14)18-19-11-17(12-20-18,13-21-18)10-16(2,3)4/h4-5,7-8H,3,10-13H2,1-2H3;1,6-9H,10-13H2,2-4H3. The highest BCUT2D eigenvalue weighted by atomic mass is 16.9. The minimum absolute atomic E-state index is 0.0115. The van der Waals surface area contributed by atoms with Gasteiger partial charge in [0.2, 0.25) is 0 Å². The number of ether oxygens (including phenoxy) is 7. The van der Waals surface area contributed by atoms with Gasteiger partial charge >= 0.3 is 17.9 Å². The molecule has 6 aliphatic heterocycles. The summed E-state index contributed by atoms with van der Waals surface area (Å²) >= 11 is 0. The number of carbonyl (C=O) groups is 1. The molecule has 0 saturated carbocycles. The Bertz CT molecular complexity index is 1370. The molecule has 44 heavy (non-hydrogen) atoms. The first-order valence-corrected chi connectivity index (χ1v) is 15.1. The van der Waals surface area contributed by atoms with Crippen LogP contribution in [0.1, 0.15) is 69.2 Å². The first kappa shape index (κ1) is 32.2. The predicted octanol–water partition coefficient (Wildman–Crippen LogP) is 5.46. The van der Waals surface area contributed by atoms with Crippen LogP contribution in [0.15, 0.2) is 48.5 Å². The summed E-state index contributed by atoms with van der Waals surface area (Å²) in [4.78, 5) is 11.0. The smallest absolute Gasteiger partial charge is 0.384 e. The van der Waals surface area contributed by atoms with Crippen molar-refractivity contribution in [3.05, 3.63) is 70.8 Å². The SMILES string of the molecule is C#Cc1ccc(C23OCC(CC(C)(C)C)(CO2)CO3)cc1.CCCC12COC(c3ccc(C#CC(=O)OC)cc3)(OC1)OC2.